The fraction of sp³-hybridized carbons (Fsp3) is 0.167. The minimum Gasteiger partial charge on any atom is -0.496 e. The van der Waals surface area contributed by atoms with Crippen LogP contribution in [0.4, 0.5) is 0 Å². The van der Waals surface area contributed by atoms with Crippen molar-refractivity contribution in [1.29, 1.82) is 0 Å². The quantitative estimate of drug-likeness (QED) is 0.471. The van der Waals surface area contributed by atoms with E-state index in [9.17, 15) is 4.79 Å². The molecule has 4 nitrogen and oxygen atoms in total. The van der Waals surface area contributed by atoms with E-state index < -0.39 is 0 Å². The molecule has 0 saturated carbocycles. The molecular weight excluding hydrogens is 312 g/mol. The lowest BCUT2D eigenvalue weighted by Gasteiger charge is -2.06. The molecule has 0 N–H and O–H groups in total. The van der Waals surface area contributed by atoms with Gasteiger partial charge in [0.2, 0.25) is 6.79 Å². The predicted molar refractivity (Wildman–Crippen MR) is 90.7 cm³/mol. The summed E-state index contributed by atoms with van der Waals surface area (Å²) in [6.07, 6.45) is 5.32. The zero-order valence-electron chi connectivity index (χ0n) is 12.9. The smallest absolute Gasteiger partial charge is 0.231 e. The van der Waals surface area contributed by atoms with E-state index in [1.54, 1.807) is 49.2 Å². The predicted octanol–water partition coefficient (Wildman–Crippen LogP) is 4.04. The van der Waals surface area contributed by atoms with Crippen molar-refractivity contribution in [1.82, 2.24) is 0 Å². The highest BCUT2D eigenvalue weighted by Crippen LogP contribution is 2.33. The van der Waals surface area contributed by atoms with E-state index >= 15 is 0 Å². The second-order valence-electron chi connectivity index (χ2n) is 4.88. The van der Waals surface area contributed by atoms with Crippen LogP contribution in [-0.4, -0.2) is 25.9 Å². The molecule has 1 heterocycles. The number of hydrogen-bond donors (Lipinski definition) is 0. The van der Waals surface area contributed by atoms with Gasteiger partial charge in [0.15, 0.2) is 17.3 Å². The van der Waals surface area contributed by atoms with E-state index in [4.69, 9.17) is 14.2 Å². The van der Waals surface area contributed by atoms with Gasteiger partial charge in [-0.3, -0.25) is 4.79 Å². The summed E-state index contributed by atoms with van der Waals surface area (Å²) in [5, 5.41) is 0. The van der Waals surface area contributed by atoms with Gasteiger partial charge in [0.1, 0.15) is 5.75 Å². The maximum Gasteiger partial charge on any atom is 0.231 e. The summed E-state index contributed by atoms with van der Waals surface area (Å²) in [5.41, 5.74) is 1.48. The number of benzene rings is 2. The van der Waals surface area contributed by atoms with Crippen molar-refractivity contribution >= 4 is 23.6 Å². The summed E-state index contributed by atoms with van der Waals surface area (Å²) in [5.74, 6) is 1.99. The molecule has 0 aromatic heterocycles. The van der Waals surface area contributed by atoms with Crippen LogP contribution in [0.3, 0.4) is 0 Å². The molecular formula is C18H16O4S. The number of ether oxygens (including phenoxy) is 3. The fourth-order valence-corrected chi connectivity index (χ4v) is 2.82. The molecule has 23 heavy (non-hydrogen) atoms. The standard InChI is InChI=1S/C18H16O4S/c1-20-17-9-12(4-8-18(17)23-2)3-6-14(19)13-5-7-15-16(10-13)22-11-21-15/h3-10H,11H2,1-2H3. The second-order valence-corrected chi connectivity index (χ2v) is 5.73. The summed E-state index contributed by atoms with van der Waals surface area (Å²) < 4.78 is 15.9. The Morgan fingerprint density at radius 3 is 2.78 bits per heavy atom. The van der Waals surface area contributed by atoms with Gasteiger partial charge in [-0.25, -0.2) is 0 Å². The number of ketones is 1. The number of allylic oxidation sites excluding steroid dienone is 1. The molecule has 0 bridgehead atoms. The lowest BCUT2D eigenvalue weighted by Crippen LogP contribution is -1.94. The van der Waals surface area contributed by atoms with Crippen LogP contribution >= 0.6 is 11.8 Å². The lowest BCUT2D eigenvalue weighted by molar-refractivity contribution is 0.104. The molecule has 0 aliphatic carbocycles. The number of rotatable bonds is 5. The van der Waals surface area contributed by atoms with Crippen LogP contribution in [0.5, 0.6) is 17.2 Å². The van der Waals surface area contributed by atoms with Crippen LogP contribution in [0.2, 0.25) is 0 Å². The summed E-state index contributed by atoms with van der Waals surface area (Å²) in [6.45, 7) is 0.199. The molecule has 0 saturated heterocycles. The summed E-state index contributed by atoms with van der Waals surface area (Å²) in [6, 6.07) is 11.0. The van der Waals surface area contributed by atoms with E-state index in [1.807, 2.05) is 24.5 Å². The van der Waals surface area contributed by atoms with Gasteiger partial charge in [-0.05, 0) is 48.2 Å². The summed E-state index contributed by atoms with van der Waals surface area (Å²) >= 11 is 1.62. The Hall–Kier alpha value is -2.40. The minimum atomic E-state index is -0.0868. The normalized spacial score (nSPS) is 12.6. The van der Waals surface area contributed by atoms with E-state index in [0.29, 0.717) is 17.1 Å². The van der Waals surface area contributed by atoms with Gasteiger partial charge >= 0.3 is 0 Å². The maximum absolute atomic E-state index is 12.3. The molecule has 2 aromatic rings. The maximum atomic E-state index is 12.3. The third kappa shape index (κ3) is 3.35. The van der Waals surface area contributed by atoms with Gasteiger partial charge in [0.05, 0.1) is 7.11 Å². The average molecular weight is 328 g/mol. The van der Waals surface area contributed by atoms with Crippen LogP contribution < -0.4 is 14.2 Å². The van der Waals surface area contributed by atoms with Crippen LogP contribution in [0.25, 0.3) is 6.08 Å². The molecule has 1 aliphatic heterocycles. The van der Waals surface area contributed by atoms with Crippen molar-refractivity contribution in [2.24, 2.45) is 0 Å². The fourth-order valence-electron chi connectivity index (χ4n) is 2.27. The van der Waals surface area contributed by atoms with Crippen LogP contribution in [0.1, 0.15) is 15.9 Å². The van der Waals surface area contributed by atoms with Gasteiger partial charge in [-0.1, -0.05) is 12.1 Å². The van der Waals surface area contributed by atoms with Crippen molar-refractivity contribution in [2.75, 3.05) is 20.2 Å². The Morgan fingerprint density at radius 2 is 2.00 bits per heavy atom. The zero-order chi connectivity index (χ0) is 16.2. The molecule has 0 fully saturated rings. The molecule has 118 valence electrons. The Labute approximate surface area is 139 Å². The third-order valence-electron chi connectivity index (χ3n) is 3.49. The van der Waals surface area contributed by atoms with Gasteiger partial charge in [-0.2, -0.15) is 0 Å². The van der Waals surface area contributed by atoms with Crippen molar-refractivity contribution in [3.63, 3.8) is 0 Å². The number of carbonyl (C=O) groups is 1. The highest BCUT2D eigenvalue weighted by molar-refractivity contribution is 7.98. The third-order valence-corrected chi connectivity index (χ3v) is 4.27. The summed E-state index contributed by atoms with van der Waals surface area (Å²) in [7, 11) is 1.64. The van der Waals surface area contributed by atoms with E-state index in [1.165, 1.54) is 0 Å². The Kier molecular flexibility index (Phi) is 4.57. The molecule has 0 atom stereocenters. The zero-order valence-corrected chi connectivity index (χ0v) is 13.7. The number of carbonyl (C=O) groups excluding carboxylic acids is 1. The van der Waals surface area contributed by atoms with E-state index in [-0.39, 0.29) is 12.6 Å². The molecule has 2 aromatic carbocycles. The average Bonchev–Trinajstić information content (AvgIpc) is 3.06. The Morgan fingerprint density at radius 1 is 1.17 bits per heavy atom. The molecule has 0 radical (unpaired) electrons. The van der Waals surface area contributed by atoms with Gasteiger partial charge in [0, 0.05) is 10.5 Å². The first-order valence-electron chi connectivity index (χ1n) is 7.05. The van der Waals surface area contributed by atoms with Crippen LogP contribution in [-0.2, 0) is 0 Å². The van der Waals surface area contributed by atoms with Gasteiger partial charge in [0.25, 0.3) is 0 Å². The molecule has 5 heteroatoms. The molecule has 0 spiro atoms. The number of fused-ring (bicyclic) bond motifs is 1. The van der Waals surface area contributed by atoms with E-state index in [0.717, 1.165) is 16.2 Å². The highest BCUT2D eigenvalue weighted by Gasteiger charge is 2.15. The van der Waals surface area contributed by atoms with Crippen LogP contribution in [0, 0.1) is 0 Å². The van der Waals surface area contributed by atoms with Crippen molar-refractivity contribution < 1.29 is 19.0 Å². The molecule has 0 unspecified atom stereocenters. The Bertz CT molecular complexity index is 768. The van der Waals surface area contributed by atoms with Gasteiger partial charge in [-0.15, -0.1) is 11.8 Å². The van der Waals surface area contributed by atoms with E-state index in [2.05, 4.69) is 0 Å². The number of methoxy groups -OCH3 is 1. The van der Waals surface area contributed by atoms with Crippen molar-refractivity contribution in [2.45, 2.75) is 4.90 Å². The summed E-state index contributed by atoms with van der Waals surface area (Å²) in [4.78, 5) is 13.3. The first kappa shape index (κ1) is 15.5. The Balaban J connectivity index is 1.78. The largest absolute Gasteiger partial charge is 0.496 e. The second kappa shape index (κ2) is 6.79. The minimum absolute atomic E-state index is 0.0868. The molecule has 1 aliphatic rings. The topological polar surface area (TPSA) is 44.8 Å². The first-order valence-corrected chi connectivity index (χ1v) is 8.28. The molecule has 3 rings (SSSR count). The lowest BCUT2D eigenvalue weighted by atomic mass is 10.1. The first-order chi connectivity index (χ1) is 11.2. The van der Waals surface area contributed by atoms with Gasteiger partial charge < -0.3 is 14.2 Å². The number of hydrogen-bond acceptors (Lipinski definition) is 5. The highest BCUT2D eigenvalue weighted by atomic mass is 32.2. The van der Waals surface area contributed by atoms with Crippen molar-refractivity contribution in [3.05, 3.63) is 53.6 Å². The molecule has 0 amide bonds. The monoisotopic (exact) mass is 328 g/mol. The van der Waals surface area contributed by atoms with Crippen LogP contribution in [0.15, 0.2) is 47.4 Å². The SMILES string of the molecule is COc1cc(C=CC(=O)c2ccc3c(c2)OCO3)ccc1SC. The number of thioether (sulfide) groups is 1. The van der Waals surface area contributed by atoms with Crippen molar-refractivity contribution in [3.8, 4) is 17.2 Å².